The Hall–Kier alpha value is -0.620. The normalized spacial score (nSPS) is 11.1. The Balaban J connectivity index is 2.58. The molecule has 74 valence electrons. The number of hydrogen-bond acceptors (Lipinski definition) is 2. The molecule has 0 atom stereocenters. The molecule has 0 aliphatic carbocycles. The van der Waals surface area contributed by atoms with Crippen LogP contribution in [-0.2, 0) is 11.3 Å². The number of aryl methyl sites for hydroxylation is 1. The maximum Gasteiger partial charge on any atom is 0.133 e. The van der Waals surface area contributed by atoms with Crippen LogP contribution in [0.1, 0.15) is 11.4 Å². The molecule has 3 nitrogen and oxygen atoms in total. The van der Waals surface area contributed by atoms with Crippen LogP contribution in [0, 0.1) is 10.5 Å². The molecule has 4 heteroatoms. The van der Waals surface area contributed by atoms with Gasteiger partial charge in [0.1, 0.15) is 12.4 Å². The van der Waals surface area contributed by atoms with Crippen molar-refractivity contribution in [1.29, 1.82) is 0 Å². The zero-order valence-electron chi connectivity index (χ0n) is 8.10. The number of nitrogens with one attached hydrogen (secondary N) is 1. The molecule has 0 radical (unpaired) electrons. The Morgan fingerprint density at radius 3 is 3.00 bits per heavy atom. The van der Waals surface area contributed by atoms with Crippen LogP contribution in [0.25, 0.3) is 11.0 Å². The van der Waals surface area contributed by atoms with Gasteiger partial charge in [-0.2, -0.15) is 0 Å². The van der Waals surface area contributed by atoms with Crippen molar-refractivity contribution in [1.82, 2.24) is 9.97 Å². The number of hydrogen-bond donors (Lipinski definition) is 1. The second kappa shape index (κ2) is 3.86. The van der Waals surface area contributed by atoms with Crippen molar-refractivity contribution in [2.75, 3.05) is 7.11 Å². The lowest BCUT2D eigenvalue weighted by molar-refractivity contribution is 0.179. The van der Waals surface area contributed by atoms with Crippen LogP contribution in [0.4, 0.5) is 0 Å². The van der Waals surface area contributed by atoms with E-state index in [4.69, 9.17) is 4.74 Å². The van der Waals surface area contributed by atoms with Gasteiger partial charge in [-0.1, -0.05) is 0 Å². The van der Waals surface area contributed by atoms with E-state index in [0.29, 0.717) is 6.61 Å². The van der Waals surface area contributed by atoms with Crippen LogP contribution < -0.4 is 0 Å². The second-order valence-corrected chi connectivity index (χ2v) is 4.48. The third kappa shape index (κ3) is 1.76. The zero-order valence-corrected chi connectivity index (χ0v) is 10.3. The summed E-state index contributed by atoms with van der Waals surface area (Å²) >= 11 is 2.30. The highest BCUT2D eigenvalue weighted by atomic mass is 127. The number of rotatable bonds is 2. The first-order valence-corrected chi connectivity index (χ1v) is 5.42. The van der Waals surface area contributed by atoms with Crippen LogP contribution in [0.5, 0.6) is 0 Å². The van der Waals surface area contributed by atoms with Crippen LogP contribution in [0.3, 0.4) is 0 Å². The number of imidazole rings is 1. The van der Waals surface area contributed by atoms with Gasteiger partial charge in [0.15, 0.2) is 0 Å². The number of methoxy groups -OCH3 is 1. The van der Waals surface area contributed by atoms with Gasteiger partial charge in [0.2, 0.25) is 0 Å². The van der Waals surface area contributed by atoms with E-state index in [1.807, 2.05) is 0 Å². The fraction of sp³-hybridized carbons (Fsp3) is 0.300. The largest absolute Gasteiger partial charge is 0.377 e. The van der Waals surface area contributed by atoms with Crippen molar-refractivity contribution >= 4 is 33.6 Å². The minimum Gasteiger partial charge on any atom is -0.377 e. The number of benzene rings is 1. The average Bonchev–Trinajstić information content (AvgIpc) is 2.48. The monoisotopic (exact) mass is 302 g/mol. The van der Waals surface area contributed by atoms with Crippen molar-refractivity contribution in [2.45, 2.75) is 13.5 Å². The van der Waals surface area contributed by atoms with Crippen molar-refractivity contribution in [3.63, 3.8) is 0 Å². The first-order valence-electron chi connectivity index (χ1n) is 4.34. The van der Waals surface area contributed by atoms with Gasteiger partial charge in [-0.25, -0.2) is 4.98 Å². The van der Waals surface area contributed by atoms with Crippen molar-refractivity contribution in [3.8, 4) is 0 Å². The molecular formula is C10H11IN2O. The number of halogens is 1. The molecule has 0 unspecified atom stereocenters. The minimum absolute atomic E-state index is 0.532. The summed E-state index contributed by atoms with van der Waals surface area (Å²) in [5, 5.41) is 0. The van der Waals surface area contributed by atoms with Gasteiger partial charge in [0, 0.05) is 10.7 Å². The number of fused-ring (bicyclic) bond motifs is 1. The lowest BCUT2D eigenvalue weighted by Gasteiger charge is -1.95. The first-order chi connectivity index (χ1) is 6.70. The molecule has 0 fully saturated rings. The van der Waals surface area contributed by atoms with E-state index in [2.05, 4.69) is 51.6 Å². The minimum atomic E-state index is 0.532. The molecule has 1 aromatic heterocycles. The topological polar surface area (TPSA) is 37.9 Å². The number of aromatic amines is 1. The molecule has 2 aromatic rings. The molecule has 0 saturated carbocycles. The van der Waals surface area contributed by atoms with E-state index in [1.165, 1.54) is 9.13 Å². The molecule has 0 amide bonds. The van der Waals surface area contributed by atoms with Gasteiger partial charge in [0.05, 0.1) is 11.0 Å². The maximum absolute atomic E-state index is 5.03. The van der Waals surface area contributed by atoms with Gasteiger partial charge in [-0.15, -0.1) is 0 Å². The van der Waals surface area contributed by atoms with Gasteiger partial charge >= 0.3 is 0 Å². The van der Waals surface area contributed by atoms with E-state index >= 15 is 0 Å². The lowest BCUT2D eigenvalue weighted by Crippen LogP contribution is -1.88. The number of H-pyrrole nitrogens is 1. The summed E-state index contributed by atoms with van der Waals surface area (Å²) in [5.41, 5.74) is 3.35. The number of ether oxygens (including phenoxy) is 1. The SMILES string of the molecule is COCc1nc2cc(I)cc(C)c2[nH]1. The molecule has 2 rings (SSSR count). The summed E-state index contributed by atoms with van der Waals surface area (Å²) in [7, 11) is 1.67. The molecule has 0 aliphatic rings. The fourth-order valence-corrected chi connectivity index (χ4v) is 2.26. The van der Waals surface area contributed by atoms with E-state index in [0.717, 1.165) is 16.9 Å². The smallest absolute Gasteiger partial charge is 0.133 e. The number of nitrogens with zero attached hydrogens (tertiary/aromatic N) is 1. The molecule has 1 aromatic carbocycles. The summed E-state index contributed by atoms with van der Waals surface area (Å²) in [6.45, 7) is 2.62. The highest BCUT2D eigenvalue weighted by Crippen LogP contribution is 2.19. The molecule has 0 saturated heterocycles. The highest BCUT2D eigenvalue weighted by molar-refractivity contribution is 14.1. The molecular weight excluding hydrogens is 291 g/mol. The van der Waals surface area contributed by atoms with Gasteiger partial charge < -0.3 is 9.72 Å². The second-order valence-electron chi connectivity index (χ2n) is 3.23. The molecule has 0 aliphatic heterocycles. The molecule has 0 bridgehead atoms. The standard InChI is InChI=1S/C10H11IN2O/c1-6-3-7(11)4-8-10(6)13-9(12-8)5-14-2/h3-4H,5H2,1-2H3,(H,12,13). The third-order valence-electron chi connectivity index (χ3n) is 2.09. The Kier molecular flexibility index (Phi) is 2.73. The quantitative estimate of drug-likeness (QED) is 0.866. The van der Waals surface area contributed by atoms with Crippen LogP contribution in [0.2, 0.25) is 0 Å². The van der Waals surface area contributed by atoms with Crippen molar-refractivity contribution in [3.05, 3.63) is 27.1 Å². The summed E-state index contributed by atoms with van der Waals surface area (Å²) in [4.78, 5) is 7.69. The first kappa shape index (κ1) is 9.92. The van der Waals surface area contributed by atoms with Crippen molar-refractivity contribution in [2.24, 2.45) is 0 Å². The summed E-state index contributed by atoms with van der Waals surface area (Å²) in [5.74, 6) is 0.882. The molecule has 1 heterocycles. The Morgan fingerprint density at radius 1 is 1.50 bits per heavy atom. The Labute approximate surface area is 96.0 Å². The van der Waals surface area contributed by atoms with Gasteiger partial charge in [0.25, 0.3) is 0 Å². The van der Waals surface area contributed by atoms with Crippen LogP contribution in [-0.4, -0.2) is 17.1 Å². The summed E-state index contributed by atoms with van der Waals surface area (Å²) in [6.07, 6.45) is 0. The predicted molar refractivity (Wildman–Crippen MR) is 64.3 cm³/mol. The highest BCUT2D eigenvalue weighted by Gasteiger charge is 2.05. The van der Waals surface area contributed by atoms with Crippen molar-refractivity contribution < 1.29 is 4.74 Å². The van der Waals surface area contributed by atoms with E-state index in [1.54, 1.807) is 7.11 Å². The molecule has 0 spiro atoms. The third-order valence-corrected chi connectivity index (χ3v) is 2.71. The Bertz CT molecular complexity index is 464. The summed E-state index contributed by atoms with van der Waals surface area (Å²) in [6, 6.07) is 4.20. The summed E-state index contributed by atoms with van der Waals surface area (Å²) < 4.78 is 6.24. The van der Waals surface area contributed by atoms with E-state index in [-0.39, 0.29) is 0 Å². The zero-order chi connectivity index (χ0) is 10.1. The molecule has 14 heavy (non-hydrogen) atoms. The average molecular weight is 302 g/mol. The maximum atomic E-state index is 5.03. The van der Waals surface area contributed by atoms with E-state index < -0.39 is 0 Å². The van der Waals surface area contributed by atoms with E-state index in [9.17, 15) is 0 Å². The van der Waals surface area contributed by atoms with Gasteiger partial charge in [-0.05, 0) is 47.2 Å². The molecule has 1 N–H and O–H groups in total. The fourth-order valence-electron chi connectivity index (χ4n) is 1.50. The van der Waals surface area contributed by atoms with Crippen LogP contribution >= 0.6 is 22.6 Å². The lowest BCUT2D eigenvalue weighted by atomic mass is 10.2. The number of aromatic nitrogens is 2. The van der Waals surface area contributed by atoms with Gasteiger partial charge in [-0.3, -0.25) is 0 Å². The Morgan fingerprint density at radius 2 is 2.29 bits per heavy atom. The van der Waals surface area contributed by atoms with Crippen LogP contribution in [0.15, 0.2) is 12.1 Å². The predicted octanol–water partition coefficient (Wildman–Crippen LogP) is 2.62.